The Morgan fingerprint density at radius 1 is 1.02 bits per heavy atom. The Hall–Kier alpha value is -3.96. The van der Waals surface area contributed by atoms with Crippen LogP contribution in [0.3, 0.4) is 0 Å². The number of carbonyl (C=O) groups excluding carboxylic acids is 1. The van der Waals surface area contributed by atoms with E-state index in [2.05, 4.69) is 35.8 Å². The first kappa shape index (κ1) is 27.2. The minimum Gasteiger partial charge on any atom is -0.494 e. The third-order valence-corrected chi connectivity index (χ3v) is 8.08. The molecule has 41 heavy (non-hydrogen) atoms. The molecule has 0 spiro atoms. The molecule has 1 aromatic carbocycles. The van der Waals surface area contributed by atoms with Crippen molar-refractivity contribution in [3.05, 3.63) is 59.9 Å². The second kappa shape index (κ2) is 11.5. The van der Waals surface area contributed by atoms with Crippen molar-refractivity contribution in [3.63, 3.8) is 0 Å². The second-order valence-corrected chi connectivity index (χ2v) is 10.9. The highest BCUT2D eigenvalue weighted by Crippen LogP contribution is 2.33. The minimum atomic E-state index is -0.205. The number of piperazine rings is 1. The van der Waals surface area contributed by atoms with Crippen molar-refractivity contribution < 1.29 is 18.7 Å². The van der Waals surface area contributed by atoms with Crippen LogP contribution in [0.15, 0.2) is 43.0 Å². The van der Waals surface area contributed by atoms with Gasteiger partial charge in [0.15, 0.2) is 0 Å². The molecule has 1 N–H and O–H groups in total. The number of rotatable bonds is 7. The van der Waals surface area contributed by atoms with E-state index in [0.29, 0.717) is 17.6 Å². The lowest BCUT2D eigenvalue weighted by molar-refractivity contribution is -0.109. The fourth-order valence-corrected chi connectivity index (χ4v) is 5.32. The van der Waals surface area contributed by atoms with Crippen LogP contribution in [0.5, 0.6) is 5.75 Å². The molecule has 10 nitrogen and oxygen atoms in total. The van der Waals surface area contributed by atoms with Crippen LogP contribution >= 0.6 is 0 Å². The Morgan fingerprint density at radius 3 is 2.44 bits per heavy atom. The van der Waals surface area contributed by atoms with E-state index < -0.39 is 0 Å². The number of fused-ring (bicyclic) bond motifs is 1. The maximum absolute atomic E-state index is 13.9. The van der Waals surface area contributed by atoms with Gasteiger partial charge in [-0.25, -0.2) is 14.1 Å². The van der Waals surface area contributed by atoms with Gasteiger partial charge in [-0.15, -0.1) is 0 Å². The first-order valence-corrected chi connectivity index (χ1v) is 14.1. The zero-order chi connectivity index (χ0) is 28.5. The number of nitrogens with one attached hydrogen (secondary N) is 1. The van der Waals surface area contributed by atoms with Crippen molar-refractivity contribution >= 4 is 17.7 Å². The molecule has 0 bridgehead atoms. The first-order valence-electron chi connectivity index (χ1n) is 14.1. The predicted molar refractivity (Wildman–Crippen MR) is 154 cm³/mol. The van der Waals surface area contributed by atoms with Gasteiger partial charge in [0.05, 0.1) is 55.8 Å². The van der Waals surface area contributed by atoms with E-state index in [-0.39, 0.29) is 5.82 Å². The molecule has 2 aliphatic heterocycles. The van der Waals surface area contributed by atoms with Crippen molar-refractivity contribution in [1.82, 2.24) is 29.4 Å². The topological polar surface area (TPSA) is 89.2 Å². The third-order valence-electron chi connectivity index (χ3n) is 8.08. The van der Waals surface area contributed by atoms with Gasteiger partial charge in [0, 0.05) is 56.2 Å². The number of benzene rings is 1. The summed E-state index contributed by atoms with van der Waals surface area (Å²) in [6.07, 6.45) is 10.9. The number of aromatic nitrogens is 4. The SMILES string of the molecule is COc1cc2ncc(-c3cnn(-c4cc(C)c(F)cc4C)c3)n2cc1N1CCN(C2COC2)CC1.O=CNC1CC1. The number of methoxy groups -OCH3 is 1. The summed E-state index contributed by atoms with van der Waals surface area (Å²) < 4.78 is 29.0. The fraction of sp³-hybridized carbons (Fsp3) is 0.433. The molecule has 4 aromatic rings. The summed E-state index contributed by atoms with van der Waals surface area (Å²) >= 11 is 0. The van der Waals surface area contributed by atoms with Crippen LogP contribution in [0.2, 0.25) is 0 Å². The zero-order valence-corrected chi connectivity index (χ0v) is 23.7. The first-order chi connectivity index (χ1) is 19.9. The molecular weight excluding hydrogens is 525 g/mol. The Kier molecular flexibility index (Phi) is 7.63. The Bertz CT molecular complexity index is 1530. The molecule has 5 heterocycles. The van der Waals surface area contributed by atoms with E-state index in [1.54, 1.807) is 24.8 Å². The fourth-order valence-electron chi connectivity index (χ4n) is 5.32. The summed E-state index contributed by atoms with van der Waals surface area (Å²) in [7, 11) is 1.71. The predicted octanol–water partition coefficient (Wildman–Crippen LogP) is 3.37. The van der Waals surface area contributed by atoms with Crippen LogP contribution in [0, 0.1) is 19.7 Å². The molecule has 3 aromatic heterocycles. The molecule has 2 saturated heterocycles. The van der Waals surface area contributed by atoms with Crippen LogP contribution in [0.25, 0.3) is 22.6 Å². The van der Waals surface area contributed by atoms with Crippen LogP contribution < -0.4 is 15.0 Å². The number of aryl methyl sites for hydroxylation is 2. The Balaban J connectivity index is 0.000000449. The molecule has 3 aliphatic rings. The Morgan fingerprint density at radius 2 is 1.80 bits per heavy atom. The Labute approximate surface area is 238 Å². The lowest BCUT2D eigenvalue weighted by Crippen LogP contribution is -2.56. The second-order valence-electron chi connectivity index (χ2n) is 10.9. The van der Waals surface area contributed by atoms with E-state index >= 15 is 0 Å². The van der Waals surface area contributed by atoms with Gasteiger partial charge in [0.25, 0.3) is 0 Å². The van der Waals surface area contributed by atoms with Gasteiger partial charge in [-0.1, -0.05) is 0 Å². The van der Waals surface area contributed by atoms with Crippen molar-refractivity contribution in [1.29, 1.82) is 0 Å². The molecule has 216 valence electrons. The van der Waals surface area contributed by atoms with Crippen LogP contribution in [0.1, 0.15) is 24.0 Å². The number of hydrogen-bond acceptors (Lipinski definition) is 7. The van der Waals surface area contributed by atoms with E-state index in [9.17, 15) is 9.18 Å². The summed E-state index contributed by atoms with van der Waals surface area (Å²) in [4.78, 5) is 19.1. The standard InChI is InChI=1S/C26H29FN6O2.C4H7NO/c1-17-9-22(18(2)8-21(17)27)33-13-19(11-29-33)23-12-28-26-10-25(34-3)24(14-32(23)26)31-6-4-30(5-7-31)20-15-35-16-20;6-3-5-4-1-2-4/h8-14,20H,4-7,15-16H2,1-3H3;3-4H,1-2H2,(H,5,6). The van der Waals surface area contributed by atoms with Gasteiger partial charge in [0.1, 0.15) is 17.2 Å². The summed E-state index contributed by atoms with van der Waals surface area (Å²) in [5.74, 6) is 0.618. The lowest BCUT2D eigenvalue weighted by Gasteiger charge is -2.43. The van der Waals surface area contributed by atoms with Crippen molar-refractivity contribution in [2.45, 2.75) is 38.8 Å². The van der Waals surface area contributed by atoms with E-state index in [1.165, 1.54) is 12.8 Å². The number of anilines is 1. The molecule has 7 rings (SSSR count). The van der Waals surface area contributed by atoms with Gasteiger partial charge in [-0.05, 0) is 49.9 Å². The van der Waals surface area contributed by atoms with Crippen molar-refractivity contribution in [2.75, 3.05) is 51.4 Å². The number of imidazole rings is 1. The van der Waals surface area contributed by atoms with Gasteiger partial charge >= 0.3 is 0 Å². The third kappa shape index (κ3) is 5.64. The smallest absolute Gasteiger partial charge is 0.207 e. The lowest BCUT2D eigenvalue weighted by atomic mass is 10.1. The van der Waals surface area contributed by atoms with Crippen molar-refractivity contribution in [3.8, 4) is 22.7 Å². The summed E-state index contributed by atoms with van der Waals surface area (Å²) in [5.41, 5.74) is 6.04. The molecular formula is C30H36FN7O3. The molecule has 3 fully saturated rings. The van der Waals surface area contributed by atoms with Crippen molar-refractivity contribution in [2.24, 2.45) is 0 Å². The average Bonchev–Trinajstić information content (AvgIpc) is 3.47. The minimum absolute atomic E-state index is 0.205. The number of amides is 1. The monoisotopic (exact) mass is 561 g/mol. The van der Waals surface area contributed by atoms with Gasteiger partial charge < -0.3 is 19.7 Å². The van der Waals surface area contributed by atoms with E-state index in [4.69, 9.17) is 9.47 Å². The molecule has 0 unspecified atom stereocenters. The van der Waals surface area contributed by atoms with Gasteiger partial charge in [-0.2, -0.15) is 5.10 Å². The normalized spacial score (nSPS) is 17.6. The van der Waals surface area contributed by atoms with E-state index in [1.807, 2.05) is 37.6 Å². The maximum atomic E-state index is 13.9. The highest BCUT2D eigenvalue weighted by Gasteiger charge is 2.30. The van der Waals surface area contributed by atoms with Gasteiger partial charge in [0.2, 0.25) is 6.41 Å². The van der Waals surface area contributed by atoms with E-state index in [0.717, 1.165) is 85.4 Å². The molecule has 1 saturated carbocycles. The maximum Gasteiger partial charge on any atom is 0.207 e. The highest BCUT2D eigenvalue weighted by molar-refractivity contribution is 5.69. The van der Waals surface area contributed by atoms with Gasteiger partial charge in [-0.3, -0.25) is 14.1 Å². The number of pyridine rings is 1. The number of ether oxygens (including phenoxy) is 2. The molecule has 0 radical (unpaired) electrons. The number of carbonyl (C=O) groups is 1. The molecule has 1 aliphatic carbocycles. The van der Waals surface area contributed by atoms with Crippen LogP contribution in [-0.2, 0) is 9.53 Å². The summed E-state index contributed by atoms with van der Waals surface area (Å²) in [6.45, 7) is 9.24. The van der Waals surface area contributed by atoms with Crippen LogP contribution in [0.4, 0.5) is 10.1 Å². The molecule has 11 heteroatoms. The largest absolute Gasteiger partial charge is 0.494 e. The zero-order valence-electron chi connectivity index (χ0n) is 23.7. The molecule has 1 amide bonds. The molecule has 0 atom stereocenters. The number of nitrogens with zero attached hydrogens (tertiary/aromatic N) is 6. The average molecular weight is 562 g/mol. The highest BCUT2D eigenvalue weighted by atomic mass is 19.1. The number of halogens is 1. The summed E-state index contributed by atoms with van der Waals surface area (Å²) in [5, 5.41) is 7.21. The number of hydrogen-bond donors (Lipinski definition) is 1. The summed E-state index contributed by atoms with van der Waals surface area (Å²) in [6, 6.07) is 6.46. The van der Waals surface area contributed by atoms with Crippen LogP contribution in [-0.4, -0.2) is 89.1 Å². The quantitative estimate of drug-likeness (QED) is 0.346.